The van der Waals surface area contributed by atoms with E-state index in [1.807, 2.05) is 20.8 Å². The fourth-order valence-electron chi connectivity index (χ4n) is 2.85. The Labute approximate surface area is 140 Å². The molecule has 1 saturated heterocycles. The van der Waals surface area contributed by atoms with Gasteiger partial charge >= 0.3 is 6.09 Å². The van der Waals surface area contributed by atoms with Crippen LogP contribution < -0.4 is 0 Å². The monoisotopic (exact) mass is 343 g/mol. The minimum Gasteiger partial charge on any atom is -0.444 e. The molecule has 0 aromatic heterocycles. The number of carbonyl (C=O) groups excluding carboxylic acids is 1. The van der Waals surface area contributed by atoms with Crippen LogP contribution in [0.4, 0.5) is 18.0 Å². The fraction of sp³-hybridized carbons (Fsp3) is 0.611. The van der Waals surface area contributed by atoms with Crippen molar-refractivity contribution in [2.45, 2.75) is 52.1 Å². The fourth-order valence-corrected chi connectivity index (χ4v) is 2.85. The number of ether oxygens (including phenoxy) is 1. The Bertz CT molecular complexity index is 591. The lowest BCUT2D eigenvalue weighted by Gasteiger charge is -2.33. The van der Waals surface area contributed by atoms with Gasteiger partial charge in [0, 0.05) is 19.2 Å². The first-order chi connectivity index (χ1) is 11.2. The minimum absolute atomic E-state index is 0.198. The summed E-state index contributed by atoms with van der Waals surface area (Å²) in [7, 11) is 0. The van der Waals surface area contributed by atoms with Gasteiger partial charge in [0.25, 0.3) is 0 Å². The summed E-state index contributed by atoms with van der Waals surface area (Å²) in [6.45, 7) is 6.68. The number of rotatable bonds is 3. The van der Waals surface area contributed by atoms with E-state index in [0.29, 0.717) is 37.9 Å². The Balaban J connectivity index is 1.81. The van der Waals surface area contributed by atoms with Gasteiger partial charge in [-0.15, -0.1) is 0 Å². The molecule has 3 nitrogen and oxygen atoms in total. The normalized spacial score (nSPS) is 16.3. The molecule has 0 atom stereocenters. The maximum absolute atomic E-state index is 13.6. The molecule has 0 unspecified atom stereocenters. The van der Waals surface area contributed by atoms with Crippen molar-refractivity contribution in [3.05, 3.63) is 35.1 Å². The number of likely N-dealkylation sites (tertiary alicyclic amines) is 1. The van der Waals surface area contributed by atoms with Crippen molar-refractivity contribution in [2.24, 2.45) is 5.92 Å². The van der Waals surface area contributed by atoms with Crippen LogP contribution in [-0.2, 0) is 11.2 Å². The van der Waals surface area contributed by atoms with E-state index in [-0.39, 0.29) is 11.7 Å². The van der Waals surface area contributed by atoms with Gasteiger partial charge in [-0.05, 0) is 64.0 Å². The van der Waals surface area contributed by atoms with Crippen LogP contribution in [-0.4, -0.2) is 29.7 Å². The second kappa shape index (κ2) is 7.45. The molecular formula is C18H24F3NO2. The summed E-state index contributed by atoms with van der Waals surface area (Å²) in [5, 5.41) is 0. The van der Waals surface area contributed by atoms with Gasteiger partial charge in [0.2, 0.25) is 0 Å². The molecule has 0 radical (unpaired) electrons. The average Bonchev–Trinajstić information content (AvgIpc) is 2.48. The number of aryl methyl sites for hydroxylation is 1. The Morgan fingerprint density at radius 3 is 2.29 bits per heavy atom. The van der Waals surface area contributed by atoms with E-state index < -0.39 is 23.1 Å². The van der Waals surface area contributed by atoms with E-state index in [1.54, 1.807) is 4.90 Å². The Morgan fingerprint density at radius 2 is 1.71 bits per heavy atom. The van der Waals surface area contributed by atoms with E-state index >= 15 is 0 Å². The molecule has 6 heteroatoms. The van der Waals surface area contributed by atoms with Gasteiger partial charge in [0.1, 0.15) is 11.4 Å². The van der Waals surface area contributed by atoms with Crippen LogP contribution in [0, 0.1) is 23.4 Å². The van der Waals surface area contributed by atoms with Crippen LogP contribution in [0.15, 0.2) is 12.1 Å². The van der Waals surface area contributed by atoms with Crippen LogP contribution >= 0.6 is 0 Å². The van der Waals surface area contributed by atoms with E-state index in [4.69, 9.17) is 4.74 Å². The lowest BCUT2D eigenvalue weighted by molar-refractivity contribution is 0.0181. The molecule has 0 spiro atoms. The van der Waals surface area contributed by atoms with Gasteiger partial charge in [0.05, 0.1) is 0 Å². The molecule has 1 aromatic rings. The predicted octanol–water partition coefficient (Wildman–Crippen LogP) is 4.68. The number of amides is 1. The Hall–Kier alpha value is -1.72. The molecular weight excluding hydrogens is 319 g/mol. The first-order valence-electron chi connectivity index (χ1n) is 8.27. The van der Waals surface area contributed by atoms with E-state index in [2.05, 4.69) is 0 Å². The zero-order chi connectivity index (χ0) is 17.9. The summed E-state index contributed by atoms with van der Waals surface area (Å²) in [4.78, 5) is 13.7. The van der Waals surface area contributed by atoms with Crippen LogP contribution in [0.25, 0.3) is 0 Å². The molecule has 2 rings (SSSR count). The summed E-state index contributed by atoms with van der Waals surface area (Å²) >= 11 is 0. The molecule has 1 aliphatic rings. The highest BCUT2D eigenvalue weighted by atomic mass is 19.2. The largest absolute Gasteiger partial charge is 0.444 e. The zero-order valence-corrected chi connectivity index (χ0v) is 14.4. The number of halogens is 3. The van der Waals surface area contributed by atoms with Gasteiger partial charge in [0.15, 0.2) is 11.6 Å². The Morgan fingerprint density at radius 1 is 1.12 bits per heavy atom. The van der Waals surface area contributed by atoms with Crippen molar-refractivity contribution in [3.8, 4) is 0 Å². The molecule has 1 aliphatic heterocycles. The number of carbonyl (C=O) groups is 1. The smallest absolute Gasteiger partial charge is 0.410 e. The summed E-state index contributed by atoms with van der Waals surface area (Å²) in [6, 6.07) is 1.52. The molecule has 0 bridgehead atoms. The zero-order valence-electron chi connectivity index (χ0n) is 14.4. The third-order valence-electron chi connectivity index (χ3n) is 4.18. The molecule has 134 valence electrons. The summed E-state index contributed by atoms with van der Waals surface area (Å²) < 4.78 is 45.1. The lowest BCUT2D eigenvalue weighted by atomic mass is 9.90. The average molecular weight is 343 g/mol. The second-order valence-electron chi connectivity index (χ2n) is 7.31. The highest BCUT2D eigenvalue weighted by molar-refractivity contribution is 5.68. The van der Waals surface area contributed by atoms with Gasteiger partial charge in [-0.2, -0.15) is 0 Å². The van der Waals surface area contributed by atoms with Crippen molar-refractivity contribution in [2.75, 3.05) is 13.1 Å². The van der Waals surface area contributed by atoms with Gasteiger partial charge < -0.3 is 9.64 Å². The predicted molar refractivity (Wildman–Crippen MR) is 85.2 cm³/mol. The quantitative estimate of drug-likeness (QED) is 0.746. The molecule has 0 aliphatic carbocycles. The van der Waals surface area contributed by atoms with Crippen LogP contribution in [0.3, 0.4) is 0 Å². The van der Waals surface area contributed by atoms with E-state index in [1.165, 1.54) is 0 Å². The highest BCUT2D eigenvalue weighted by Gasteiger charge is 2.26. The molecule has 24 heavy (non-hydrogen) atoms. The maximum atomic E-state index is 13.6. The number of benzene rings is 1. The highest BCUT2D eigenvalue weighted by Crippen LogP contribution is 2.25. The van der Waals surface area contributed by atoms with Crippen molar-refractivity contribution in [3.63, 3.8) is 0 Å². The van der Waals surface area contributed by atoms with Gasteiger partial charge in [-0.3, -0.25) is 0 Å². The molecule has 0 N–H and O–H groups in total. The molecule has 1 amide bonds. The van der Waals surface area contributed by atoms with Crippen molar-refractivity contribution >= 4 is 6.09 Å². The molecule has 1 fully saturated rings. The minimum atomic E-state index is -1.16. The van der Waals surface area contributed by atoms with Crippen LogP contribution in [0.1, 0.15) is 45.6 Å². The number of nitrogens with zero attached hydrogens (tertiary/aromatic N) is 1. The second-order valence-corrected chi connectivity index (χ2v) is 7.31. The van der Waals surface area contributed by atoms with Gasteiger partial charge in [-0.1, -0.05) is 0 Å². The molecule has 1 heterocycles. The third kappa shape index (κ3) is 5.14. The summed E-state index contributed by atoms with van der Waals surface area (Å²) in [6.07, 6.45) is 2.33. The van der Waals surface area contributed by atoms with Crippen molar-refractivity contribution < 1.29 is 22.7 Å². The van der Waals surface area contributed by atoms with Crippen molar-refractivity contribution in [1.82, 2.24) is 4.90 Å². The van der Waals surface area contributed by atoms with Gasteiger partial charge in [-0.25, -0.2) is 18.0 Å². The van der Waals surface area contributed by atoms with Crippen LogP contribution in [0.2, 0.25) is 0 Å². The number of hydrogen-bond acceptors (Lipinski definition) is 2. The lowest BCUT2D eigenvalue weighted by Crippen LogP contribution is -2.41. The number of piperidine rings is 1. The summed E-state index contributed by atoms with van der Waals surface area (Å²) in [5.74, 6) is -2.57. The number of hydrogen-bond donors (Lipinski definition) is 0. The standard InChI is InChI=1S/C18H24F3NO2/c1-18(2,3)24-17(23)22-8-6-12(7-9-22)4-5-13-10-15(20)16(21)11-14(13)19/h10-12H,4-9H2,1-3H3. The van der Waals surface area contributed by atoms with Crippen molar-refractivity contribution in [1.29, 1.82) is 0 Å². The van der Waals surface area contributed by atoms with Crippen LogP contribution in [0.5, 0.6) is 0 Å². The van der Waals surface area contributed by atoms with E-state index in [9.17, 15) is 18.0 Å². The Kier molecular flexibility index (Phi) is 5.78. The first kappa shape index (κ1) is 18.6. The maximum Gasteiger partial charge on any atom is 0.410 e. The summed E-state index contributed by atoms with van der Waals surface area (Å²) in [5.41, 5.74) is -0.318. The SMILES string of the molecule is CC(C)(C)OC(=O)N1CCC(CCc2cc(F)c(F)cc2F)CC1. The first-order valence-corrected chi connectivity index (χ1v) is 8.27. The third-order valence-corrected chi connectivity index (χ3v) is 4.18. The van der Waals surface area contributed by atoms with E-state index in [0.717, 1.165) is 18.9 Å². The topological polar surface area (TPSA) is 29.5 Å². The molecule has 0 saturated carbocycles. The molecule has 1 aromatic carbocycles.